The molecule has 1 aromatic carbocycles. The van der Waals surface area contributed by atoms with Crippen LogP contribution in [-0.2, 0) is 12.8 Å². The predicted octanol–water partition coefficient (Wildman–Crippen LogP) is 5.52. The third-order valence-electron chi connectivity index (χ3n) is 5.13. The van der Waals surface area contributed by atoms with Crippen molar-refractivity contribution in [2.45, 2.75) is 52.4 Å². The normalized spacial score (nSPS) is 14.9. The fraction of sp³-hybridized carbons (Fsp3) is 0.455. The number of carboxylic acid groups (broad SMARTS) is 1. The van der Waals surface area contributed by atoms with Crippen molar-refractivity contribution in [1.82, 2.24) is 4.98 Å². The first-order valence-corrected chi connectivity index (χ1v) is 9.46. The summed E-state index contributed by atoms with van der Waals surface area (Å²) in [5, 5.41) is 9.72. The Bertz CT molecular complexity index is 795. The number of aromatic nitrogens is 1. The molecule has 0 bridgehead atoms. The zero-order chi connectivity index (χ0) is 18.7. The SMILES string of the molecule is CC(C)Cc1nc(CC2CCCC2)c(C(=O)O)cc1-c1ccccc1F. The second-order valence-corrected chi connectivity index (χ2v) is 7.71. The number of halogens is 1. The van der Waals surface area contributed by atoms with Crippen LogP contribution >= 0.6 is 0 Å². The van der Waals surface area contributed by atoms with Crippen LogP contribution in [0.25, 0.3) is 11.1 Å². The van der Waals surface area contributed by atoms with Gasteiger partial charge in [-0.2, -0.15) is 0 Å². The zero-order valence-electron chi connectivity index (χ0n) is 15.5. The molecular weight excluding hydrogens is 329 g/mol. The van der Waals surface area contributed by atoms with E-state index in [-0.39, 0.29) is 11.4 Å². The van der Waals surface area contributed by atoms with Crippen molar-refractivity contribution < 1.29 is 14.3 Å². The molecule has 1 aliphatic rings. The monoisotopic (exact) mass is 355 g/mol. The summed E-state index contributed by atoms with van der Waals surface area (Å²) in [5.41, 5.74) is 2.68. The Morgan fingerprint density at radius 2 is 1.88 bits per heavy atom. The number of pyridine rings is 1. The topological polar surface area (TPSA) is 50.2 Å². The molecule has 0 saturated heterocycles. The minimum atomic E-state index is -0.987. The van der Waals surface area contributed by atoms with E-state index in [2.05, 4.69) is 13.8 Å². The quantitative estimate of drug-likeness (QED) is 0.742. The van der Waals surface area contributed by atoms with Gasteiger partial charge in [0.05, 0.1) is 11.3 Å². The van der Waals surface area contributed by atoms with E-state index < -0.39 is 5.97 Å². The van der Waals surface area contributed by atoms with Crippen LogP contribution in [0.4, 0.5) is 4.39 Å². The highest BCUT2D eigenvalue weighted by molar-refractivity contribution is 5.91. The molecule has 1 aromatic heterocycles. The minimum absolute atomic E-state index is 0.211. The van der Waals surface area contributed by atoms with Gasteiger partial charge in [0.25, 0.3) is 0 Å². The number of aromatic carboxylic acids is 1. The second kappa shape index (κ2) is 7.98. The number of hydrogen-bond acceptors (Lipinski definition) is 2. The van der Waals surface area contributed by atoms with Gasteiger partial charge < -0.3 is 5.11 Å². The molecular formula is C22H26FNO2. The number of carbonyl (C=O) groups is 1. The molecule has 1 saturated carbocycles. The Balaban J connectivity index is 2.11. The molecule has 0 amide bonds. The van der Waals surface area contributed by atoms with Crippen LogP contribution in [0.1, 0.15) is 61.3 Å². The van der Waals surface area contributed by atoms with Crippen LogP contribution < -0.4 is 0 Å². The number of nitrogens with zero attached hydrogens (tertiary/aromatic N) is 1. The minimum Gasteiger partial charge on any atom is -0.478 e. The molecule has 0 unspecified atom stereocenters. The van der Waals surface area contributed by atoms with E-state index in [0.717, 1.165) is 18.5 Å². The van der Waals surface area contributed by atoms with E-state index in [9.17, 15) is 14.3 Å². The Morgan fingerprint density at radius 1 is 1.19 bits per heavy atom. The molecule has 0 radical (unpaired) electrons. The van der Waals surface area contributed by atoms with Crippen molar-refractivity contribution in [3.05, 3.63) is 53.1 Å². The third-order valence-corrected chi connectivity index (χ3v) is 5.13. The molecule has 3 rings (SSSR count). The lowest BCUT2D eigenvalue weighted by molar-refractivity contribution is 0.0695. The van der Waals surface area contributed by atoms with E-state index in [0.29, 0.717) is 41.5 Å². The van der Waals surface area contributed by atoms with E-state index in [4.69, 9.17) is 4.98 Å². The summed E-state index contributed by atoms with van der Waals surface area (Å²) < 4.78 is 14.4. The van der Waals surface area contributed by atoms with Gasteiger partial charge in [-0.15, -0.1) is 0 Å². The lowest BCUT2D eigenvalue weighted by Crippen LogP contribution is -2.13. The number of benzene rings is 1. The van der Waals surface area contributed by atoms with Crippen molar-refractivity contribution >= 4 is 5.97 Å². The fourth-order valence-electron chi connectivity index (χ4n) is 3.88. The zero-order valence-corrected chi connectivity index (χ0v) is 15.5. The average molecular weight is 355 g/mol. The van der Waals surface area contributed by atoms with Crippen molar-refractivity contribution in [3.63, 3.8) is 0 Å². The van der Waals surface area contributed by atoms with Gasteiger partial charge in [-0.1, -0.05) is 57.7 Å². The molecule has 1 heterocycles. The highest BCUT2D eigenvalue weighted by Gasteiger charge is 2.23. The van der Waals surface area contributed by atoms with Crippen molar-refractivity contribution in [2.24, 2.45) is 11.8 Å². The summed E-state index contributed by atoms with van der Waals surface area (Å²) in [7, 11) is 0. The molecule has 138 valence electrons. The summed E-state index contributed by atoms with van der Waals surface area (Å²) in [6.07, 6.45) is 6.08. The number of hydrogen-bond donors (Lipinski definition) is 1. The molecule has 2 aromatic rings. The summed E-state index contributed by atoms with van der Waals surface area (Å²) in [5.74, 6) is -0.479. The summed E-state index contributed by atoms with van der Waals surface area (Å²) in [6.45, 7) is 4.18. The smallest absolute Gasteiger partial charge is 0.337 e. The maximum absolute atomic E-state index is 14.4. The first-order valence-electron chi connectivity index (χ1n) is 9.46. The van der Waals surface area contributed by atoms with E-state index >= 15 is 0 Å². The third kappa shape index (κ3) is 4.12. The van der Waals surface area contributed by atoms with Gasteiger partial charge in [0.15, 0.2) is 0 Å². The highest BCUT2D eigenvalue weighted by atomic mass is 19.1. The largest absolute Gasteiger partial charge is 0.478 e. The standard InChI is InChI=1S/C22H26FNO2/c1-14(2)11-20-17(16-9-5-6-10-19(16)23)13-18(22(25)26)21(24-20)12-15-7-3-4-8-15/h5-6,9-10,13-15H,3-4,7-8,11-12H2,1-2H3,(H,25,26). The Kier molecular flexibility index (Phi) is 5.70. The van der Waals surface area contributed by atoms with Gasteiger partial charge >= 0.3 is 5.97 Å². The lowest BCUT2D eigenvalue weighted by Gasteiger charge is -2.17. The van der Waals surface area contributed by atoms with Gasteiger partial charge in [0.1, 0.15) is 5.82 Å². The van der Waals surface area contributed by atoms with Crippen LogP contribution in [0.3, 0.4) is 0 Å². The first-order chi connectivity index (χ1) is 12.5. The first kappa shape index (κ1) is 18.6. The van der Waals surface area contributed by atoms with Gasteiger partial charge in [-0.3, -0.25) is 4.98 Å². The molecule has 3 nitrogen and oxygen atoms in total. The van der Waals surface area contributed by atoms with Crippen LogP contribution in [0.2, 0.25) is 0 Å². The van der Waals surface area contributed by atoms with Crippen LogP contribution in [0.15, 0.2) is 30.3 Å². The van der Waals surface area contributed by atoms with Gasteiger partial charge in [-0.05, 0) is 36.8 Å². The van der Waals surface area contributed by atoms with Crippen molar-refractivity contribution in [2.75, 3.05) is 0 Å². The van der Waals surface area contributed by atoms with Gasteiger partial charge in [0.2, 0.25) is 0 Å². The maximum atomic E-state index is 14.4. The summed E-state index contributed by atoms with van der Waals surface area (Å²) in [4.78, 5) is 16.6. The van der Waals surface area contributed by atoms with E-state index in [1.165, 1.54) is 18.9 Å². The molecule has 1 aliphatic carbocycles. The molecule has 1 N–H and O–H groups in total. The Hall–Kier alpha value is -2.23. The molecule has 0 spiro atoms. The van der Waals surface area contributed by atoms with E-state index in [1.54, 1.807) is 24.3 Å². The van der Waals surface area contributed by atoms with Gasteiger partial charge in [-0.25, -0.2) is 9.18 Å². The predicted molar refractivity (Wildman–Crippen MR) is 101 cm³/mol. The summed E-state index contributed by atoms with van der Waals surface area (Å²) >= 11 is 0. The highest BCUT2D eigenvalue weighted by Crippen LogP contribution is 2.32. The second-order valence-electron chi connectivity index (χ2n) is 7.71. The molecule has 26 heavy (non-hydrogen) atoms. The molecule has 0 atom stereocenters. The van der Waals surface area contributed by atoms with E-state index in [1.807, 2.05) is 0 Å². The Morgan fingerprint density at radius 3 is 2.50 bits per heavy atom. The number of rotatable bonds is 6. The molecule has 4 heteroatoms. The fourth-order valence-corrected chi connectivity index (χ4v) is 3.88. The Labute approximate surface area is 154 Å². The van der Waals surface area contributed by atoms with Crippen molar-refractivity contribution in [1.29, 1.82) is 0 Å². The summed E-state index contributed by atoms with van der Waals surface area (Å²) in [6, 6.07) is 8.14. The average Bonchev–Trinajstić information content (AvgIpc) is 3.08. The van der Waals surface area contributed by atoms with Crippen molar-refractivity contribution in [3.8, 4) is 11.1 Å². The van der Waals surface area contributed by atoms with Crippen LogP contribution in [-0.4, -0.2) is 16.1 Å². The van der Waals surface area contributed by atoms with Crippen LogP contribution in [0.5, 0.6) is 0 Å². The molecule has 0 aliphatic heterocycles. The van der Waals surface area contributed by atoms with Gasteiger partial charge in [0, 0.05) is 16.8 Å². The maximum Gasteiger partial charge on any atom is 0.337 e. The molecule has 1 fully saturated rings. The lowest BCUT2D eigenvalue weighted by atomic mass is 9.92. The number of carboxylic acids is 1. The van der Waals surface area contributed by atoms with Crippen LogP contribution in [0, 0.1) is 17.7 Å².